The summed E-state index contributed by atoms with van der Waals surface area (Å²) in [6, 6.07) is 0.204. The summed E-state index contributed by atoms with van der Waals surface area (Å²) < 4.78 is 15.5. The molecule has 0 saturated heterocycles. The average Bonchev–Trinajstić information content (AvgIpc) is 3.16. The van der Waals surface area contributed by atoms with E-state index in [0.717, 1.165) is 12.8 Å². The average molecular weight is 259 g/mol. The lowest BCUT2D eigenvalue weighted by Crippen LogP contribution is -2.60. The normalized spacial score (nSPS) is 18.7. The van der Waals surface area contributed by atoms with E-state index in [9.17, 15) is 4.79 Å². The fraction of sp³-hybridized carbons (Fsp3) is 0.923. The smallest absolute Gasteiger partial charge is 0.328 e. The number of hydrogen-bond donors (Lipinski definition) is 1. The van der Waals surface area contributed by atoms with Crippen LogP contribution in [0.1, 0.15) is 26.7 Å². The third kappa shape index (κ3) is 3.93. The van der Waals surface area contributed by atoms with Crippen molar-refractivity contribution in [3.8, 4) is 0 Å². The topological polar surface area (TPSA) is 56.8 Å². The van der Waals surface area contributed by atoms with E-state index in [1.54, 1.807) is 7.11 Å². The van der Waals surface area contributed by atoms with E-state index in [1.807, 2.05) is 13.8 Å². The van der Waals surface area contributed by atoms with Gasteiger partial charge in [-0.1, -0.05) is 0 Å². The molecule has 1 saturated carbocycles. The molecule has 5 heteroatoms. The second kappa shape index (κ2) is 7.07. The van der Waals surface area contributed by atoms with Crippen LogP contribution in [0.5, 0.6) is 0 Å². The molecule has 0 aromatic rings. The van der Waals surface area contributed by atoms with Gasteiger partial charge in [-0.05, 0) is 32.6 Å². The lowest BCUT2D eigenvalue weighted by atomic mass is 9.93. The van der Waals surface area contributed by atoms with Gasteiger partial charge >= 0.3 is 5.97 Å². The molecule has 0 bridgehead atoms. The van der Waals surface area contributed by atoms with Crippen molar-refractivity contribution in [1.82, 2.24) is 5.32 Å². The molecule has 0 radical (unpaired) electrons. The molecule has 1 N–H and O–H groups in total. The second-order valence-electron chi connectivity index (χ2n) is 5.08. The molecular weight excluding hydrogens is 234 g/mol. The van der Waals surface area contributed by atoms with Crippen LogP contribution in [0.3, 0.4) is 0 Å². The lowest BCUT2D eigenvalue weighted by molar-refractivity contribution is -0.153. The molecular formula is C13H25NO4. The van der Waals surface area contributed by atoms with Crippen LogP contribution in [0.15, 0.2) is 0 Å². The summed E-state index contributed by atoms with van der Waals surface area (Å²) in [7, 11) is 3.06. The highest BCUT2D eigenvalue weighted by molar-refractivity contribution is 5.82. The summed E-state index contributed by atoms with van der Waals surface area (Å²) in [4.78, 5) is 12.1. The summed E-state index contributed by atoms with van der Waals surface area (Å²) in [6.45, 7) is 5.40. The monoisotopic (exact) mass is 259 g/mol. The summed E-state index contributed by atoms with van der Waals surface area (Å²) in [5, 5.41) is 3.34. The molecule has 1 aliphatic rings. The van der Waals surface area contributed by atoms with Crippen molar-refractivity contribution in [2.75, 3.05) is 34.0 Å². The van der Waals surface area contributed by atoms with E-state index in [2.05, 4.69) is 5.32 Å². The Balaban J connectivity index is 2.67. The summed E-state index contributed by atoms with van der Waals surface area (Å²) in [6.07, 6.45) is 2.09. The lowest BCUT2D eigenvalue weighted by Gasteiger charge is -2.34. The zero-order valence-corrected chi connectivity index (χ0v) is 11.8. The van der Waals surface area contributed by atoms with E-state index in [4.69, 9.17) is 14.2 Å². The highest BCUT2D eigenvalue weighted by Gasteiger charge is 2.52. The van der Waals surface area contributed by atoms with Crippen LogP contribution in [-0.4, -0.2) is 51.6 Å². The van der Waals surface area contributed by atoms with Crippen molar-refractivity contribution >= 4 is 5.97 Å². The van der Waals surface area contributed by atoms with Gasteiger partial charge in [0.05, 0.1) is 26.9 Å². The number of carbonyl (C=O) groups is 1. The van der Waals surface area contributed by atoms with Crippen LogP contribution in [0.25, 0.3) is 0 Å². The summed E-state index contributed by atoms with van der Waals surface area (Å²) >= 11 is 0. The molecule has 5 nitrogen and oxygen atoms in total. The summed E-state index contributed by atoms with van der Waals surface area (Å²) in [5.74, 6) is 0.0889. The summed E-state index contributed by atoms with van der Waals surface area (Å²) in [5.41, 5.74) is -0.698. The van der Waals surface area contributed by atoms with Crippen LogP contribution >= 0.6 is 0 Å². The number of methoxy groups -OCH3 is 2. The molecule has 0 amide bonds. The Morgan fingerprint density at radius 1 is 1.33 bits per heavy atom. The quantitative estimate of drug-likeness (QED) is 0.494. The van der Waals surface area contributed by atoms with E-state index in [0.29, 0.717) is 25.7 Å². The van der Waals surface area contributed by atoms with Crippen LogP contribution in [0.4, 0.5) is 0 Å². The molecule has 106 valence electrons. The number of rotatable bonds is 9. The van der Waals surface area contributed by atoms with E-state index >= 15 is 0 Å². The number of ether oxygens (including phenoxy) is 3. The molecule has 1 atom stereocenters. The Hall–Kier alpha value is -0.650. The zero-order valence-electron chi connectivity index (χ0n) is 11.8. The van der Waals surface area contributed by atoms with Crippen LogP contribution < -0.4 is 5.32 Å². The van der Waals surface area contributed by atoms with Gasteiger partial charge in [0, 0.05) is 13.2 Å². The highest BCUT2D eigenvalue weighted by atomic mass is 16.5. The van der Waals surface area contributed by atoms with E-state index in [-0.39, 0.29) is 12.0 Å². The first-order chi connectivity index (χ1) is 8.56. The maximum atomic E-state index is 12.1. The van der Waals surface area contributed by atoms with Gasteiger partial charge in [0.2, 0.25) is 0 Å². The third-order valence-electron chi connectivity index (χ3n) is 3.13. The molecule has 0 aromatic carbocycles. The van der Waals surface area contributed by atoms with Crippen LogP contribution in [0, 0.1) is 5.92 Å². The first kappa shape index (κ1) is 15.4. The fourth-order valence-corrected chi connectivity index (χ4v) is 2.21. The van der Waals surface area contributed by atoms with Crippen LogP contribution in [-0.2, 0) is 19.0 Å². The Morgan fingerprint density at radius 2 is 2.00 bits per heavy atom. The zero-order chi connectivity index (χ0) is 13.6. The van der Waals surface area contributed by atoms with Gasteiger partial charge in [0.1, 0.15) is 5.54 Å². The largest absolute Gasteiger partial charge is 0.468 e. The Kier molecular flexibility index (Phi) is 6.05. The molecule has 1 aliphatic carbocycles. The van der Waals surface area contributed by atoms with Crippen molar-refractivity contribution in [2.45, 2.75) is 38.3 Å². The number of carbonyl (C=O) groups excluding carboxylic acids is 1. The molecule has 1 rings (SSSR count). The molecule has 0 aromatic heterocycles. The minimum atomic E-state index is -0.698. The third-order valence-corrected chi connectivity index (χ3v) is 3.13. The fourth-order valence-electron chi connectivity index (χ4n) is 2.21. The van der Waals surface area contributed by atoms with Crippen molar-refractivity contribution in [3.63, 3.8) is 0 Å². The van der Waals surface area contributed by atoms with Crippen molar-refractivity contribution in [1.29, 1.82) is 0 Å². The molecule has 1 unspecified atom stereocenters. The van der Waals surface area contributed by atoms with E-state index in [1.165, 1.54) is 7.11 Å². The SMILES string of the molecule is COCCOCC(NC(C)C)(C(=O)OC)C1CC1. The van der Waals surface area contributed by atoms with Gasteiger partial charge in [-0.25, -0.2) is 4.79 Å². The Bertz CT molecular complexity index is 266. The molecule has 0 spiro atoms. The number of nitrogens with one attached hydrogen (secondary N) is 1. The van der Waals surface area contributed by atoms with Crippen molar-refractivity contribution in [2.24, 2.45) is 5.92 Å². The van der Waals surface area contributed by atoms with Gasteiger partial charge in [-0.2, -0.15) is 0 Å². The predicted molar refractivity (Wildman–Crippen MR) is 68.4 cm³/mol. The van der Waals surface area contributed by atoms with Gasteiger partial charge in [0.25, 0.3) is 0 Å². The Morgan fingerprint density at radius 3 is 2.44 bits per heavy atom. The van der Waals surface area contributed by atoms with Gasteiger partial charge in [-0.15, -0.1) is 0 Å². The standard InChI is InChI=1S/C13H25NO4/c1-10(2)14-13(11-5-6-11,12(15)17-4)9-18-8-7-16-3/h10-11,14H,5-9H2,1-4H3. The van der Waals surface area contributed by atoms with E-state index < -0.39 is 5.54 Å². The first-order valence-corrected chi connectivity index (χ1v) is 6.49. The maximum absolute atomic E-state index is 12.1. The van der Waals surface area contributed by atoms with Crippen molar-refractivity contribution < 1.29 is 19.0 Å². The molecule has 0 heterocycles. The molecule has 0 aliphatic heterocycles. The number of hydrogen-bond acceptors (Lipinski definition) is 5. The van der Waals surface area contributed by atoms with Gasteiger partial charge < -0.3 is 14.2 Å². The van der Waals surface area contributed by atoms with Crippen molar-refractivity contribution in [3.05, 3.63) is 0 Å². The molecule has 18 heavy (non-hydrogen) atoms. The minimum absolute atomic E-state index is 0.204. The highest BCUT2D eigenvalue weighted by Crippen LogP contribution is 2.41. The predicted octanol–water partition coefficient (Wildman–Crippen LogP) is 0.969. The van der Waals surface area contributed by atoms with Gasteiger partial charge in [0.15, 0.2) is 0 Å². The second-order valence-corrected chi connectivity index (χ2v) is 5.08. The maximum Gasteiger partial charge on any atom is 0.328 e. The number of esters is 1. The first-order valence-electron chi connectivity index (χ1n) is 6.49. The molecule has 1 fully saturated rings. The Labute approximate surface area is 109 Å². The van der Waals surface area contributed by atoms with Gasteiger partial charge in [-0.3, -0.25) is 5.32 Å². The minimum Gasteiger partial charge on any atom is -0.468 e. The van der Waals surface area contributed by atoms with Crippen LogP contribution in [0.2, 0.25) is 0 Å².